The van der Waals surface area contributed by atoms with Crippen LogP contribution >= 0.6 is 0 Å². The van der Waals surface area contributed by atoms with Crippen LogP contribution in [0.15, 0.2) is 115 Å². The number of carbonyl (C=O) groups excluding carboxylic acids is 5. The highest BCUT2D eigenvalue weighted by Crippen LogP contribution is 2.16. The van der Waals surface area contributed by atoms with Gasteiger partial charge in [0.1, 0.15) is 37.1 Å². The highest BCUT2D eigenvalue weighted by molar-refractivity contribution is 5.93. The monoisotopic (exact) mass is 694 g/mol. The Hall–Kier alpha value is -6.17. The number of rotatable bonds is 17. The van der Waals surface area contributed by atoms with Crippen molar-refractivity contribution in [3.05, 3.63) is 138 Å². The zero-order valence-corrected chi connectivity index (χ0v) is 28.5. The summed E-state index contributed by atoms with van der Waals surface area (Å²) < 4.78 is 16.0. The molecule has 0 saturated heterocycles. The molecule has 0 heterocycles. The number of alkyl carbamates (subject to hydrolysis) is 1. The van der Waals surface area contributed by atoms with Crippen LogP contribution < -0.4 is 26.0 Å². The van der Waals surface area contributed by atoms with Crippen molar-refractivity contribution in [2.45, 2.75) is 51.1 Å². The van der Waals surface area contributed by atoms with E-state index in [9.17, 15) is 24.0 Å². The lowest BCUT2D eigenvalue weighted by molar-refractivity contribution is -0.145. The molecule has 0 aliphatic rings. The second-order valence-corrected chi connectivity index (χ2v) is 11.7. The molecule has 0 spiro atoms. The molecule has 51 heavy (non-hydrogen) atoms. The Morgan fingerprint density at radius 3 is 1.71 bits per heavy atom. The number of amides is 4. The summed E-state index contributed by atoms with van der Waals surface area (Å²) in [6.07, 6.45) is -0.532. The molecule has 0 unspecified atom stereocenters. The van der Waals surface area contributed by atoms with E-state index in [-0.39, 0.29) is 19.4 Å². The van der Waals surface area contributed by atoms with Crippen molar-refractivity contribution < 1.29 is 38.2 Å². The van der Waals surface area contributed by atoms with Crippen LogP contribution in [0.5, 0.6) is 5.75 Å². The molecular weight excluding hydrogens is 652 g/mol. The first-order valence-corrected chi connectivity index (χ1v) is 16.4. The van der Waals surface area contributed by atoms with E-state index >= 15 is 0 Å². The van der Waals surface area contributed by atoms with E-state index in [2.05, 4.69) is 21.3 Å². The molecular formula is C39H42N4O8. The molecule has 0 saturated carbocycles. The van der Waals surface area contributed by atoms with Gasteiger partial charge in [-0.15, -0.1) is 0 Å². The summed E-state index contributed by atoms with van der Waals surface area (Å²) in [5, 5.41) is 10.3. The molecule has 3 atom stereocenters. The van der Waals surface area contributed by atoms with Crippen LogP contribution in [0.4, 0.5) is 4.79 Å². The minimum atomic E-state index is -1.11. The van der Waals surface area contributed by atoms with Gasteiger partial charge < -0.3 is 35.5 Å². The van der Waals surface area contributed by atoms with Crippen LogP contribution in [0.2, 0.25) is 0 Å². The molecule has 12 nitrogen and oxygen atoms in total. The molecule has 4 aromatic rings. The van der Waals surface area contributed by atoms with E-state index in [0.717, 1.165) is 22.3 Å². The average Bonchev–Trinajstić information content (AvgIpc) is 3.16. The fourth-order valence-electron chi connectivity index (χ4n) is 4.95. The van der Waals surface area contributed by atoms with Crippen LogP contribution in [-0.2, 0) is 54.7 Å². The SMILES string of the molecule is COC(=O)[C@H](Cc1ccccc1)NC(=O)CNC(=O)[C@@H](C)NC(=O)[C@H](Cc1ccc(OCc2ccccc2)cc1)NC(=O)OCc1ccccc1. The second-order valence-electron chi connectivity index (χ2n) is 11.7. The van der Waals surface area contributed by atoms with Gasteiger partial charge in [-0.05, 0) is 41.3 Å². The zero-order chi connectivity index (χ0) is 36.4. The van der Waals surface area contributed by atoms with E-state index in [1.807, 2.05) is 78.9 Å². The van der Waals surface area contributed by atoms with Gasteiger partial charge in [-0.2, -0.15) is 0 Å². The summed E-state index contributed by atoms with van der Waals surface area (Å²) in [5.74, 6) is -1.91. The minimum absolute atomic E-state index is 0.00246. The van der Waals surface area contributed by atoms with Gasteiger partial charge in [0, 0.05) is 12.8 Å². The van der Waals surface area contributed by atoms with Crippen LogP contribution in [0.1, 0.15) is 29.2 Å². The molecule has 0 radical (unpaired) electrons. The first-order valence-electron chi connectivity index (χ1n) is 16.4. The summed E-state index contributed by atoms with van der Waals surface area (Å²) >= 11 is 0. The number of esters is 1. The smallest absolute Gasteiger partial charge is 0.408 e. The van der Waals surface area contributed by atoms with Crippen LogP contribution in [0.25, 0.3) is 0 Å². The Kier molecular flexibility index (Phi) is 14.6. The van der Waals surface area contributed by atoms with Crippen molar-refractivity contribution in [3.63, 3.8) is 0 Å². The van der Waals surface area contributed by atoms with Crippen molar-refractivity contribution in [3.8, 4) is 5.75 Å². The highest BCUT2D eigenvalue weighted by atomic mass is 16.5. The molecule has 4 aromatic carbocycles. The molecule has 0 bridgehead atoms. The van der Waals surface area contributed by atoms with Crippen LogP contribution in [0, 0.1) is 0 Å². The number of methoxy groups -OCH3 is 1. The minimum Gasteiger partial charge on any atom is -0.489 e. The number of nitrogens with one attached hydrogen (secondary N) is 4. The lowest BCUT2D eigenvalue weighted by Crippen LogP contribution is -2.54. The van der Waals surface area contributed by atoms with E-state index in [4.69, 9.17) is 14.2 Å². The second kappa shape index (κ2) is 19.7. The van der Waals surface area contributed by atoms with Crippen molar-refractivity contribution in [1.29, 1.82) is 0 Å². The molecule has 0 fully saturated rings. The maximum absolute atomic E-state index is 13.4. The predicted octanol–water partition coefficient (Wildman–Crippen LogP) is 3.62. The van der Waals surface area contributed by atoms with E-state index in [1.54, 1.807) is 36.4 Å². The Bertz CT molecular complexity index is 1720. The lowest BCUT2D eigenvalue weighted by Gasteiger charge is -2.21. The number of hydrogen-bond acceptors (Lipinski definition) is 8. The number of ether oxygens (including phenoxy) is 3. The molecule has 0 aliphatic carbocycles. The lowest BCUT2D eigenvalue weighted by atomic mass is 10.0. The van der Waals surface area contributed by atoms with Gasteiger partial charge in [-0.3, -0.25) is 14.4 Å². The van der Waals surface area contributed by atoms with Crippen molar-refractivity contribution in [2.24, 2.45) is 0 Å². The Labute approximate surface area is 296 Å². The van der Waals surface area contributed by atoms with Crippen molar-refractivity contribution in [1.82, 2.24) is 21.3 Å². The number of benzene rings is 4. The third kappa shape index (κ3) is 13.0. The van der Waals surface area contributed by atoms with Gasteiger partial charge >= 0.3 is 12.1 Å². The largest absolute Gasteiger partial charge is 0.489 e. The topological polar surface area (TPSA) is 161 Å². The van der Waals surface area contributed by atoms with Gasteiger partial charge in [0.2, 0.25) is 17.7 Å². The summed E-state index contributed by atoms with van der Waals surface area (Å²) in [6, 6.07) is 31.9. The van der Waals surface area contributed by atoms with E-state index in [1.165, 1.54) is 14.0 Å². The number of hydrogen-bond donors (Lipinski definition) is 4. The van der Waals surface area contributed by atoms with Gasteiger partial charge in [-0.25, -0.2) is 9.59 Å². The van der Waals surface area contributed by atoms with Gasteiger partial charge in [0.05, 0.1) is 13.7 Å². The first kappa shape index (κ1) is 37.6. The van der Waals surface area contributed by atoms with Crippen LogP contribution in [-0.4, -0.2) is 61.6 Å². The maximum Gasteiger partial charge on any atom is 0.408 e. The van der Waals surface area contributed by atoms with Gasteiger partial charge in [0.15, 0.2) is 0 Å². The summed E-state index contributed by atoms with van der Waals surface area (Å²) in [7, 11) is 1.22. The first-order chi connectivity index (χ1) is 24.7. The molecule has 4 amide bonds. The molecule has 4 N–H and O–H groups in total. The highest BCUT2D eigenvalue weighted by Gasteiger charge is 2.27. The molecule has 0 aliphatic heterocycles. The third-order valence-electron chi connectivity index (χ3n) is 7.71. The van der Waals surface area contributed by atoms with E-state index < -0.39 is 54.5 Å². The van der Waals surface area contributed by atoms with Crippen LogP contribution in [0.3, 0.4) is 0 Å². The Morgan fingerprint density at radius 2 is 1.12 bits per heavy atom. The Morgan fingerprint density at radius 1 is 0.588 bits per heavy atom. The molecule has 4 rings (SSSR count). The third-order valence-corrected chi connectivity index (χ3v) is 7.71. The summed E-state index contributed by atoms with van der Waals surface area (Å²) in [6.45, 7) is 1.38. The van der Waals surface area contributed by atoms with Gasteiger partial charge in [-0.1, -0.05) is 103 Å². The van der Waals surface area contributed by atoms with Crippen molar-refractivity contribution in [2.75, 3.05) is 13.7 Å². The van der Waals surface area contributed by atoms with E-state index in [0.29, 0.717) is 12.4 Å². The standard InChI is InChI=1S/C39H42N4O8/c1-27(36(45)40-24-35(44)42-34(38(47)49-2)23-28-12-6-3-7-13-28)41-37(46)33(43-39(48)51-26-31-16-10-5-11-17-31)22-29-18-20-32(21-19-29)50-25-30-14-8-4-9-15-30/h3-21,27,33-34H,22-26H2,1-2H3,(H,40,45)(H,41,46)(H,42,44)(H,43,48)/t27-,33+,34+/m1/s1. The quantitative estimate of drug-likeness (QED) is 0.122. The molecule has 12 heteroatoms. The summed E-state index contributed by atoms with van der Waals surface area (Å²) in [5.41, 5.74) is 3.32. The van der Waals surface area contributed by atoms with Crippen molar-refractivity contribution >= 4 is 29.8 Å². The molecule has 266 valence electrons. The maximum atomic E-state index is 13.4. The van der Waals surface area contributed by atoms with Gasteiger partial charge in [0.25, 0.3) is 0 Å². The predicted molar refractivity (Wildman–Crippen MR) is 189 cm³/mol. The number of carbonyl (C=O) groups is 5. The zero-order valence-electron chi connectivity index (χ0n) is 28.5. The average molecular weight is 695 g/mol. The fourth-order valence-corrected chi connectivity index (χ4v) is 4.95. The Balaban J connectivity index is 1.33. The fraction of sp³-hybridized carbons (Fsp3) is 0.256. The summed E-state index contributed by atoms with van der Waals surface area (Å²) in [4.78, 5) is 64.1. The molecule has 0 aromatic heterocycles. The normalized spacial score (nSPS) is 12.3.